The molecule has 0 bridgehead atoms. The van der Waals surface area contributed by atoms with E-state index in [9.17, 15) is 4.79 Å². The van der Waals surface area contributed by atoms with E-state index in [2.05, 4.69) is 14.9 Å². The van der Waals surface area contributed by atoms with E-state index in [1.807, 2.05) is 28.5 Å². The molecule has 2 aromatic rings. The first-order valence-corrected chi connectivity index (χ1v) is 9.24. The maximum absolute atomic E-state index is 12.4. The van der Waals surface area contributed by atoms with Crippen LogP contribution < -0.4 is 9.64 Å². The van der Waals surface area contributed by atoms with Crippen LogP contribution in [0.1, 0.15) is 28.9 Å². The van der Waals surface area contributed by atoms with Gasteiger partial charge in [-0.25, -0.2) is 9.97 Å². The maximum Gasteiger partial charge on any atom is 0.264 e. The van der Waals surface area contributed by atoms with Gasteiger partial charge in [0.05, 0.1) is 11.4 Å². The Morgan fingerprint density at radius 2 is 2.12 bits per heavy atom. The van der Waals surface area contributed by atoms with E-state index in [0.717, 1.165) is 36.8 Å². The first kappa shape index (κ1) is 15.4. The van der Waals surface area contributed by atoms with Gasteiger partial charge in [0, 0.05) is 32.1 Å². The average Bonchev–Trinajstić information content (AvgIpc) is 3.36. The summed E-state index contributed by atoms with van der Waals surface area (Å²) in [5.74, 6) is 1.63. The van der Waals surface area contributed by atoms with Crippen LogP contribution in [0.15, 0.2) is 29.9 Å². The number of hydrogen-bond donors (Lipinski definition) is 0. The fourth-order valence-electron chi connectivity index (χ4n) is 3.25. The van der Waals surface area contributed by atoms with Crippen LogP contribution in [0.3, 0.4) is 0 Å². The number of rotatable bonds is 4. The van der Waals surface area contributed by atoms with Gasteiger partial charge in [0.25, 0.3) is 5.91 Å². The lowest BCUT2D eigenvalue weighted by molar-refractivity contribution is 0.0776. The summed E-state index contributed by atoms with van der Waals surface area (Å²) in [5, 5.41) is 1.93. The van der Waals surface area contributed by atoms with Gasteiger partial charge in [-0.1, -0.05) is 6.07 Å². The number of likely N-dealkylation sites (tertiary alicyclic amines) is 1. The first-order valence-electron chi connectivity index (χ1n) is 8.36. The van der Waals surface area contributed by atoms with Crippen molar-refractivity contribution in [1.29, 1.82) is 0 Å². The molecule has 0 saturated carbocycles. The van der Waals surface area contributed by atoms with E-state index in [0.29, 0.717) is 12.4 Å². The molecule has 7 heteroatoms. The van der Waals surface area contributed by atoms with Gasteiger partial charge >= 0.3 is 0 Å². The Labute approximate surface area is 145 Å². The normalized spacial score (nSPS) is 20.6. The summed E-state index contributed by atoms with van der Waals surface area (Å²) in [7, 11) is 0. The minimum absolute atomic E-state index is 0.00441. The molecule has 2 aromatic heterocycles. The largest absolute Gasteiger partial charge is 0.472 e. The summed E-state index contributed by atoms with van der Waals surface area (Å²) in [6.07, 6.45) is 4.81. The van der Waals surface area contributed by atoms with Crippen LogP contribution in [-0.2, 0) is 0 Å². The van der Waals surface area contributed by atoms with Crippen molar-refractivity contribution in [3.05, 3.63) is 34.8 Å². The topological polar surface area (TPSA) is 58.6 Å². The monoisotopic (exact) mass is 344 g/mol. The van der Waals surface area contributed by atoms with Crippen molar-refractivity contribution in [2.75, 3.05) is 31.1 Å². The van der Waals surface area contributed by atoms with Crippen LogP contribution >= 0.6 is 11.3 Å². The molecule has 0 spiro atoms. The van der Waals surface area contributed by atoms with E-state index < -0.39 is 0 Å². The fourth-order valence-corrected chi connectivity index (χ4v) is 3.94. The van der Waals surface area contributed by atoms with Crippen LogP contribution in [0.4, 0.5) is 5.82 Å². The molecule has 0 N–H and O–H groups in total. The number of aromatic nitrogens is 2. The Morgan fingerprint density at radius 1 is 1.25 bits per heavy atom. The Morgan fingerprint density at radius 3 is 2.92 bits per heavy atom. The van der Waals surface area contributed by atoms with E-state index in [-0.39, 0.29) is 12.0 Å². The summed E-state index contributed by atoms with van der Waals surface area (Å²) >= 11 is 1.48. The number of hydrogen-bond acceptors (Lipinski definition) is 6. The number of anilines is 1. The predicted octanol–water partition coefficient (Wildman–Crippen LogP) is 2.43. The maximum atomic E-state index is 12.4. The number of thiophene rings is 1. The summed E-state index contributed by atoms with van der Waals surface area (Å²) < 4.78 is 6.01. The number of ether oxygens (including phenoxy) is 1. The third-order valence-corrected chi connectivity index (χ3v) is 5.37. The lowest BCUT2D eigenvalue weighted by atomic mass is 10.3. The van der Waals surface area contributed by atoms with Crippen molar-refractivity contribution < 1.29 is 9.53 Å². The molecule has 2 fully saturated rings. The van der Waals surface area contributed by atoms with Gasteiger partial charge in [-0.15, -0.1) is 11.3 Å². The molecule has 2 aliphatic heterocycles. The standard InChI is InChI=1S/C17H20N4O2S/c22-17(14-4-3-9-24-14)21-8-5-13(11-21)23-16-10-15(18-12-19-16)20-6-1-2-7-20/h3-4,9-10,12-13H,1-2,5-8,11H2. The third-order valence-electron chi connectivity index (χ3n) is 4.51. The molecule has 4 rings (SSSR count). The van der Waals surface area contributed by atoms with Crippen molar-refractivity contribution in [2.24, 2.45) is 0 Å². The highest BCUT2D eigenvalue weighted by molar-refractivity contribution is 7.12. The Hall–Kier alpha value is -2.15. The fraction of sp³-hybridized carbons (Fsp3) is 0.471. The van der Waals surface area contributed by atoms with Crippen LogP contribution in [0.2, 0.25) is 0 Å². The quantitative estimate of drug-likeness (QED) is 0.853. The smallest absolute Gasteiger partial charge is 0.264 e. The predicted molar refractivity (Wildman–Crippen MR) is 92.7 cm³/mol. The zero-order valence-electron chi connectivity index (χ0n) is 13.4. The van der Waals surface area contributed by atoms with Crippen LogP contribution in [-0.4, -0.2) is 53.1 Å². The molecule has 1 unspecified atom stereocenters. The van der Waals surface area contributed by atoms with Gasteiger partial charge in [-0.3, -0.25) is 4.79 Å². The molecule has 0 aliphatic carbocycles. The van der Waals surface area contributed by atoms with Crippen LogP contribution in [0, 0.1) is 0 Å². The number of carbonyl (C=O) groups excluding carboxylic acids is 1. The van der Waals surface area contributed by atoms with Crippen molar-refractivity contribution in [3.8, 4) is 5.88 Å². The highest BCUT2D eigenvalue weighted by Crippen LogP contribution is 2.23. The molecule has 1 atom stereocenters. The third kappa shape index (κ3) is 3.21. The molecule has 2 aliphatic rings. The van der Waals surface area contributed by atoms with Crippen LogP contribution in [0.5, 0.6) is 5.88 Å². The van der Waals surface area contributed by atoms with Crippen molar-refractivity contribution in [2.45, 2.75) is 25.4 Å². The molecule has 24 heavy (non-hydrogen) atoms. The van der Waals surface area contributed by atoms with Gasteiger partial charge in [-0.2, -0.15) is 0 Å². The van der Waals surface area contributed by atoms with Gasteiger partial charge in [0.2, 0.25) is 5.88 Å². The van der Waals surface area contributed by atoms with Crippen molar-refractivity contribution >= 4 is 23.1 Å². The van der Waals surface area contributed by atoms with Gasteiger partial charge in [0.1, 0.15) is 18.2 Å². The van der Waals surface area contributed by atoms with Gasteiger partial charge < -0.3 is 14.5 Å². The molecule has 0 radical (unpaired) electrons. The second kappa shape index (κ2) is 6.76. The molecule has 6 nitrogen and oxygen atoms in total. The Bertz CT molecular complexity index is 700. The van der Waals surface area contributed by atoms with Gasteiger partial charge in [-0.05, 0) is 24.3 Å². The lowest BCUT2D eigenvalue weighted by Crippen LogP contribution is -2.30. The molecular formula is C17H20N4O2S. The van der Waals surface area contributed by atoms with Crippen molar-refractivity contribution in [1.82, 2.24) is 14.9 Å². The van der Waals surface area contributed by atoms with E-state index in [1.54, 1.807) is 6.33 Å². The summed E-state index contributed by atoms with van der Waals surface area (Å²) in [4.78, 5) is 25.9. The van der Waals surface area contributed by atoms with Crippen molar-refractivity contribution in [3.63, 3.8) is 0 Å². The second-order valence-electron chi connectivity index (χ2n) is 6.17. The molecule has 2 saturated heterocycles. The molecule has 4 heterocycles. The molecule has 1 amide bonds. The highest BCUT2D eigenvalue weighted by atomic mass is 32.1. The Kier molecular flexibility index (Phi) is 4.34. The average molecular weight is 344 g/mol. The van der Waals surface area contributed by atoms with E-state index >= 15 is 0 Å². The first-order chi connectivity index (χ1) is 11.8. The highest BCUT2D eigenvalue weighted by Gasteiger charge is 2.29. The lowest BCUT2D eigenvalue weighted by Gasteiger charge is -2.18. The summed E-state index contributed by atoms with van der Waals surface area (Å²) in [5.41, 5.74) is 0. The molecule has 126 valence electrons. The minimum atomic E-state index is -0.00441. The van der Waals surface area contributed by atoms with E-state index in [1.165, 1.54) is 24.2 Å². The summed E-state index contributed by atoms with van der Waals surface area (Å²) in [6, 6.07) is 5.69. The molecular weight excluding hydrogens is 324 g/mol. The number of amides is 1. The zero-order chi connectivity index (χ0) is 16.4. The Balaban J connectivity index is 1.38. The number of carbonyl (C=O) groups is 1. The number of nitrogens with zero attached hydrogens (tertiary/aromatic N) is 4. The van der Waals surface area contributed by atoms with Crippen LogP contribution in [0.25, 0.3) is 0 Å². The van der Waals surface area contributed by atoms with E-state index in [4.69, 9.17) is 4.74 Å². The SMILES string of the molecule is O=C(c1cccs1)N1CCC(Oc2cc(N3CCCC3)ncn2)C1. The second-order valence-corrected chi connectivity index (χ2v) is 7.11. The molecule has 0 aromatic carbocycles. The van der Waals surface area contributed by atoms with Gasteiger partial charge in [0.15, 0.2) is 0 Å². The summed E-state index contributed by atoms with van der Waals surface area (Å²) in [6.45, 7) is 3.43. The zero-order valence-corrected chi connectivity index (χ0v) is 14.2. The minimum Gasteiger partial charge on any atom is -0.472 e.